The quantitative estimate of drug-likeness (QED) is 0.915. The topological polar surface area (TPSA) is 52.9 Å². The minimum absolute atomic E-state index is 0.0246. The molecule has 0 saturated heterocycles. The molecule has 2 rings (SSSR count). The Bertz CT molecular complexity index is 612. The van der Waals surface area contributed by atoms with Gasteiger partial charge >= 0.3 is 0 Å². The molecule has 0 aliphatic carbocycles. The lowest BCUT2D eigenvalue weighted by atomic mass is 9.95. The summed E-state index contributed by atoms with van der Waals surface area (Å²) in [6.45, 7) is 2.00. The predicted octanol–water partition coefficient (Wildman–Crippen LogP) is 3.69. The van der Waals surface area contributed by atoms with E-state index in [9.17, 15) is 4.79 Å². The van der Waals surface area contributed by atoms with Gasteiger partial charge in [0.25, 0.3) is 0 Å². The molecule has 1 N–H and O–H groups in total. The average Bonchev–Trinajstić information content (AvgIpc) is 2.50. The van der Waals surface area contributed by atoms with Crippen LogP contribution in [0, 0.1) is 11.3 Å². The summed E-state index contributed by atoms with van der Waals surface area (Å²) in [4.78, 5) is 12.3. The summed E-state index contributed by atoms with van der Waals surface area (Å²) >= 11 is 0. The van der Waals surface area contributed by atoms with E-state index in [1.165, 1.54) is 0 Å². The Morgan fingerprint density at radius 2 is 1.80 bits per heavy atom. The number of benzene rings is 2. The lowest BCUT2D eigenvalue weighted by Gasteiger charge is -2.15. The largest absolute Gasteiger partial charge is 0.326 e. The Hall–Kier alpha value is -2.60. The van der Waals surface area contributed by atoms with Crippen molar-refractivity contribution in [3.05, 3.63) is 65.7 Å². The van der Waals surface area contributed by atoms with Crippen molar-refractivity contribution in [2.45, 2.75) is 19.3 Å². The van der Waals surface area contributed by atoms with Crippen LogP contribution in [0.25, 0.3) is 0 Å². The maximum Gasteiger partial charge on any atom is 0.231 e. The second-order valence-electron chi connectivity index (χ2n) is 4.55. The van der Waals surface area contributed by atoms with Gasteiger partial charge in [-0.15, -0.1) is 0 Å². The zero-order valence-corrected chi connectivity index (χ0v) is 11.3. The number of amides is 1. The molecule has 0 aromatic heterocycles. The number of anilines is 1. The van der Waals surface area contributed by atoms with Gasteiger partial charge in [-0.05, 0) is 36.2 Å². The summed E-state index contributed by atoms with van der Waals surface area (Å²) in [7, 11) is 0. The SMILES string of the molecule is CCC(C(=O)Nc1ccc(C#N)cc1)c1ccccc1. The van der Waals surface area contributed by atoms with Crippen molar-refractivity contribution >= 4 is 11.6 Å². The van der Waals surface area contributed by atoms with E-state index in [0.717, 1.165) is 12.0 Å². The monoisotopic (exact) mass is 264 g/mol. The molecule has 2 aromatic carbocycles. The molecule has 20 heavy (non-hydrogen) atoms. The van der Waals surface area contributed by atoms with Crippen LogP contribution in [0.1, 0.15) is 30.4 Å². The first-order valence-electron chi connectivity index (χ1n) is 6.60. The number of rotatable bonds is 4. The van der Waals surface area contributed by atoms with E-state index in [4.69, 9.17) is 5.26 Å². The van der Waals surface area contributed by atoms with Crippen LogP contribution in [-0.2, 0) is 4.79 Å². The molecule has 0 heterocycles. The summed E-state index contributed by atoms with van der Waals surface area (Å²) in [5.41, 5.74) is 2.31. The van der Waals surface area contributed by atoms with Gasteiger partial charge < -0.3 is 5.32 Å². The van der Waals surface area contributed by atoms with Crippen LogP contribution in [-0.4, -0.2) is 5.91 Å². The van der Waals surface area contributed by atoms with Gasteiger partial charge in [0.1, 0.15) is 0 Å². The number of hydrogen-bond donors (Lipinski definition) is 1. The normalized spacial score (nSPS) is 11.4. The fourth-order valence-electron chi connectivity index (χ4n) is 2.12. The molecule has 0 radical (unpaired) electrons. The third-order valence-electron chi connectivity index (χ3n) is 3.21. The lowest BCUT2D eigenvalue weighted by molar-refractivity contribution is -0.117. The molecule has 1 unspecified atom stereocenters. The highest BCUT2D eigenvalue weighted by Gasteiger charge is 2.18. The van der Waals surface area contributed by atoms with Crippen LogP contribution in [0.4, 0.5) is 5.69 Å². The van der Waals surface area contributed by atoms with E-state index in [-0.39, 0.29) is 11.8 Å². The highest BCUT2D eigenvalue weighted by molar-refractivity contribution is 5.95. The van der Waals surface area contributed by atoms with Crippen molar-refractivity contribution in [1.82, 2.24) is 0 Å². The van der Waals surface area contributed by atoms with Crippen molar-refractivity contribution in [2.75, 3.05) is 5.32 Å². The summed E-state index contributed by atoms with van der Waals surface area (Å²) < 4.78 is 0. The molecule has 1 amide bonds. The number of nitrogens with zero attached hydrogens (tertiary/aromatic N) is 1. The third kappa shape index (κ3) is 3.24. The van der Waals surface area contributed by atoms with Crippen LogP contribution < -0.4 is 5.32 Å². The Morgan fingerprint density at radius 1 is 1.15 bits per heavy atom. The van der Waals surface area contributed by atoms with E-state index in [1.807, 2.05) is 37.3 Å². The second kappa shape index (κ2) is 6.53. The van der Waals surface area contributed by atoms with Gasteiger partial charge in [-0.25, -0.2) is 0 Å². The van der Waals surface area contributed by atoms with Crippen molar-refractivity contribution < 1.29 is 4.79 Å². The Kier molecular flexibility index (Phi) is 4.52. The first-order valence-corrected chi connectivity index (χ1v) is 6.60. The molecular weight excluding hydrogens is 248 g/mol. The fraction of sp³-hybridized carbons (Fsp3) is 0.176. The van der Waals surface area contributed by atoms with Crippen LogP contribution in [0.3, 0.4) is 0 Å². The molecule has 1 atom stereocenters. The third-order valence-corrected chi connectivity index (χ3v) is 3.21. The maximum atomic E-state index is 12.3. The maximum absolute atomic E-state index is 12.3. The van der Waals surface area contributed by atoms with E-state index < -0.39 is 0 Å². The van der Waals surface area contributed by atoms with Gasteiger partial charge in [-0.1, -0.05) is 37.3 Å². The second-order valence-corrected chi connectivity index (χ2v) is 4.55. The molecule has 3 nitrogen and oxygen atoms in total. The van der Waals surface area contributed by atoms with Gasteiger partial charge in [0, 0.05) is 5.69 Å². The molecular formula is C17H16N2O. The minimum atomic E-state index is -0.160. The first kappa shape index (κ1) is 13.8. The number of carbonyl (C=O) groups is 1. The van der Waals surface area contributed by atoms with Crippen LogP contribution in [0.2, 0.25) is 0 Å². The van der Waals surface area contributed by atoms with Crippen molar-refractivity contribution in [2.24, 2.45) is 0 Å². The van der Waals surface area contributed by atoms with Gasteiger partial charge in [0.05, 0.1) is 17.6 Å². The van der Waals surface area contributed by atoms with Crippen molar-refractivity contribution in [3.63, 3.8) is 0 Å². The molecule has 0 spiro atoms. The first-order chi connectivity index (χ1) is 9.74. The molecule has 2 aromatic rings. The molecule has 0 saturated carbocycles. The number of carbonyl (C=O) groups excluding carboxylic acids is 1. The highest BCUT2D eigenvalue weighted by Crippen LogP contribution is 2.21. The van der Waals surface area contributed by atoms with Gasteiger partial charge in [0.15, 0.2) is 0 Å². The average molecular weight is 264 g/mol. The summed E-state index contributed by atoms with van der Waals surface area (Å²) in [5, 5.41) is 11.6. The van der Waals surface area contributed by atoms with Crippen LogP contribution in [0.15, 0.2) is 54.6 Å². The summed E-state index contributed by atoms with van der Waals surface area (Å²) in [5.74, 6) is -0.185. The Morgan fingerprint density at radius 3 is 2.35 bits per heavy atom. The van der Waals surface area contributed by atoms with E-state index in [0.29, 0.717) is 11.3 Å². The van der Waals surface area contributed by atoms with E-state index in [1.54, 1.807) is 24.3 Å². The fourth-order valence-corrected chi connectivity index (χ4v) is 2.12. The molecule has 3 heteroatoms. The van der Waals surface area contributed by atoms with E-state index in [2.05, 4.69) is 11.4 Å². The zero-order valence-electron chi connectivity index (χ0n) is 11.3. The molecule has 0 aliphatic rings. The van der Waals surface area contributed by atoms with Gasteiger partial charge in [-0.2, -0.15) is 5.26 Å². The Labute approximate surface area is 118 Å². The number of hydrogen-bond acceptors (Lipinski definition) is 2. The highest BCUT2D eigenvalue weighted by atomic mass is 16.1. The summed E-state index contributed by atoms with van der Waals surface area (Å²) in [6.07, 6.45) is 0.742. The molecule has 0 fully saturated rings. The van der Waals surface area contributed by atoms with Gasteiger partial charge in [-0.3, -0.25) is 4.79 Å². The lowest BCUT2D eigenvalue weighted by Crippen LogP contribution is -2.20. The molecule has 100 valence electrons. The smallest absolute Gasteiger partial charge is 0.231 e. The van der Waals surface area contributed by atoms with Gasteiger partial charge in [0.2, 0.25) is 5.91 Å². The minimum Gasteiger partial charge on any atom is -0.326 e. The predicted molar refractivity (Wildman–Crippen MR) is 79.3 cm³/mol. The van der Waals surface area contributed by atoms with Crippen LogP contribution >= 0.6 is 0 Å². The van der Waals surface area contributed by atoms with Crippen molar-refractivity contribution in [3.8, 4) is 6.07 Å². The number of nitriles is 1. The standard InChI is InChI=1S/C17H16N2O/c1-2-16(14-6-4-3-5-7-14)17(20)19-15-10-8-13(12-18)9-11-15/h3-11,16H,2H2,1H3,(H,19,20). The van der Waals surface area contributed by atoms with E-state index >= 15 is 0 Å². The molecule has 0 aliphatic heterocycles. The molecule has 0 bridgehead atoms. The van der Waals surface area contributed by atoms with Crippen molar-refractivity contribution in [1.29, 1.82) is 5.26 Å². The zero-order chi connectivity index (χ0) is 14.4. The Balaban J connectivity index is 2.11. The summed E-state index contributed by atoms with van der Waals surface area (Å²) in [6, 6.07) is 18.7. The van der Waals surface area contributed by atoms with Crippen LogP contribution in [0.5, 0.6) is 0 Å². The number of nitrogens with one attached hydrogen (secondary N) is 1.